The van der Waals surface area contributed by atoms with Gasteiger partial charge in [0.2, 0.25) is 32.7 Å². The van der Waals surface area contributed by atoms with E-state index in [1.807, 2.05) is 0 Å². The van der Waals surface area contributed by atoms with Crippen molar-refractivity contribution in [3.05, 3.63) is 11.2 Å². The van der Waals surface area contributed by atoms with Crippen molar-refractivity contribution >= 4 is 33.5 Å². The molecular weight excluding hydrogens is 598 g/mol. The number of hydrogen-bond donors (Lipinski definition) is 3. The molecule has 4 amide bonds. The van der Waals surface area contributed by atoms with Crippen LogP contribution in [-0.4, -0.2) is 86.0 Å². The monoisotopic (exact) mass is 632 g/mol. The van der Waals surface area contributed by atoms with Crippen LogP contribution in [0.25, 0.3) is 0 Å². The summed E-state index contributed by atoms with van der Waals surface area (Å²) in [5.74, 6) is -11.3. The van der Waals surface area contributed by atoms with Gasteiger partial charge in [0, 0.05) is 31.2 Å². The molecule has 17 heteroatoms. The first-order valence-corrected chi connectivity index (χ1v) is 15.2. The SMILES string of the molecule is CC(C)(C)[C@@H](NC(=O)C(F)(F)F)C(=O)N1[C@H]2CC[C@@H]([C@H]1C(=O)N[C@H](/C=C(\F)S(C)(=O)=O)C[C@@H]1CCNC1=O)C(F)(F)C2. The van der Waals surface area contributed by atoms with Crippen LogP contribution in [0.4, 0.5) is 26.3 Å². The number of piperidine rings is 2. The van der Waals surface area contributed by atoms with Crippen molar-refractivity contribution in [1.82, 2.24) is 20.9 Å². The number of amides is 4. The fourth-order valence-electron chi connectivity index (χ4n) is 5.73. The lowest BCUT2D eigenvalue weighted by atomic mass is 9.70. The topological polar surface area (TPSA) is 142 Å². The summed E-state index contributed by atoms with van der Waals surface area (Å²) in [4.78, 5) is 52.0. The Morgan fingerprint density at radius 3 is 2.21 bits per heavy atom. The van der Waals surface area contributed by atoms with E-state index in [-0.39, 0.29) is 32.2 Å². The number of alkyl halides is 5. The molecule has 0 aromatic rings. The van der Waals surface area contributed by atoms with Gasteiger partial charge in [-0.25, -0.2) is 17.2 Å². The van der Waals surface area contributed by atoms with Crippen molar-refractivity contribution in [2.24, 2.45) is 17.3 Å². The molecule has 3 saturated heterocycles. The number of rotatable bonds is 8. The number of carbonyl (C=O) groups excluding carboxylic acids is 4. The van der Waals surface area contributed by atoms with Crippen molar-refractivity contribution in [2.75, 3.05) is 12.8 Å². The first kappa shape index (κ1) is 33.6. The van der Waals surface area contributed by atoms with E-state index in [0.717, 1.165) is 4.90 Å². The maximum atomic E-state index is 15.1. The predicted octanol–water partition coefficient (Wildman–Crippen LogP) is 1.96. The second-order valence-electron chi connectivity index (χ2n) is 12.1. The summed E-state index contributed by atoms with van der Waals surface area (Å²) in [7, 11) is -4.38. The van der Waals surface area contributed by atoms with Crippen LogP contribution in [-0.2, 0) is 29.0 Å². The number of sulfone groups is 1. The normalized spacial score (nSPS) is 27.7. The Morgan fingerprint density at radius 1 is 1.12 bits per heavy atom. The highest BCUT2D eigenvalue weighted by Gasteiger charge is 2.61. The molecule has 1 aliphatic carbocycles. The summed E-state index contributed by atoms with van der Waals surface area (Å²) in [5.41, 5.74) is -1.35. The molecule has 42 heavy (non-hydrogen) atoms. The van der Waals surface area contributed by atoms with Crippen LogP contribution >= 0.6 is 0 Å². The molecule has 0 radical (unpaired) electrons. The Bertz CT molecular complexity index is 1250. The lowest BCUT2D eigenvalue weighted by Gasteiger charge is -2.55. The van der Waals surface area contributed by atoms with Crippen molar-refractivity contribution in [1.29, 1.82) is 0 Å². The van der Waals surface area contributed by atoms with Gasteiger partial charge >= 0.3 is 12.1 Å². The average molecular weight is 633 g/mol. The molecule has 4 aliphatic rings. The van der Waals surface area contributed by atoms with Gasteiger partial charge < -0.3 is 20.9 Å². The first-order chi connectivity index (χ1) is 19.0. The summed E-state index contributed by atoms with van der Waals surface area (Å²) in [6.07, 6.45) is -5.38. The van der Waals surface area contributed by atoms with E-state index in [9.17, 15) is 45.2 Å². The van der Waals surface area contributed by atoms with Crippen LogP contribution in [0.2, 0.25) is 0 Å². The molecule has 3 heterocycles. The number of nitrogens with one attached hydrogen (secondary N) is 3. The molecule has 0 spiro atoms. The number of halogens is 6. The van der Waals surface area contributed by atoms with Crippen LogP contribution in [0, 0.1) is 17.3 Å². The van der Waals surface area contributed by atoms with Crippen molar-refractivity contribution < 1.29 is 53.9 Å². The number of hydrogen-bond acceptors (Lipinski definition) is 6. The molecule has 0 unspecified atom stereocenters. The highest BCUT2D eigenvalue weighted by atomic mass is 32.2. The summed E-state index contributed by atoms with van der Waals surface area (Å²) >= 11 is 0. The van der Waals surface area contributed by atoms with Crippen molar-refractivity contribution in [2.45, 2.75) is 89.1 Å². The van der Waals surface area contributed by atoms with Crippen LogP contribution in [0.3, 0.4) is 0 Å². The molecule has 3 N–H and O–H groups in total. The Kier molecular flexibility index (Phi) is 9.36. The predicted molar refractivity (Wildman–Crippen MR) is 136 cm³/mol. The zero-order valence-electron chi connectivity index (χ0n) is 23.4. The van der Waals surface area contributed by atoms with Crippen molar-refractivity contribution in [3.8, 4) is 0 Å². The fourth-order valence-corrected chi connectivity index (χ4v) is 6.14. The van der Waals surface area contributed by atoms with E-state index in [2.05, 4.69) is 10.6 Å². The van der Waals surface area contributed by atoms with Gasteiger partial charge in [0.05, 0.1) is 12.0 Å². The molecule has 4 rings (SSSR count). The minimum Gasteiger partial charge on any atom is -0.356 e. The highest BCUT2D eigenvalue weighted by molar-refractivity contribution is 7.94. The Labute approximate surface area is 238 Å². The van der Waals surface area contributed by atoms with E-state index in [1.165, 1.54) is 20.8 Å². The molecule has 0 aromatic carbocycles. The summed E-state index contributed by atoms with van der Waals surface area (Å²) in [6.45, 7) is 4.31. The van der Waals surface area contributed by atoms with E-state index in [1.54, 1.807) is 5.32 Å². The first-order valence-electron chi connectivity index (χ1n) is 13.3. The smallest absolute Gasteiger partial charge is 0.356 e. The van der Waals surface area contributed by atoms with Crippen molar-refractivity contribution in [3.63, 3.8) is 0 Å². The van der Waals surface area contributed by atoms with E-state index < -0.39 is 98.6 Å². The van der Waals surface area contributed by atoms with E-state index in [4.69, 9.17) is 0 Å². The number of fused-ring (bicyclic) bond motifs is 3. The van der Waals surface area contributed by atoms with Gasteiger partial charge in [-0.1, -0.05) is 20.8 Å². The lowest BCUT2D eigenvalue weighted by molar-refractivity contribution is -0.197. The van der Waals surface area contributed by atoms with Gasteiger partial charge in [-0.2, -0.15) is 17.6 Å². The Balaban J connectivity index is 2.00. The fraction of sp³-hybridized carbons (Fsp3) is 0.760. The minimum absolute atomic E-state index is 0.00808. The summed E-state index contributed by atoms with van der Waals surface area (Å²) in [5, 5.41) is 4.81. The number of nitrogens with zero attached hydrogens (tertiary/aromatic N) is 1. The molecule has 3 aliphatic heterocycles. The largest absolute Gasteiger partial charge is 0.471 e. The standard InChI is InChI=1S/C25H34F6N4O6S/c1-23(2,3)18(34-22(39)25(29,30)31)21(38)35-14-5-6-15(24(27,28)11-14)17(35)20(37)33-13(10-16(26)42(4,40)41)9-12-7-8-32-19(12)36/h10,12-15,17-18H,5-9,11H2,1-4H3,(H,32,36)(H,33,37)(H,34,39)/b16-10+/t12-,13-,14-,15-,17-,18-/m0/s1. The quantitative estimate of drug-likeness (QED) is 0.350. The molecule has 1 saturated carbocycles. The molecule has 0 aromatic heterocycles. The minimum atomic E-state index is -5.36. The van der Waals surface area contributed by atoms with Gasteiger partial charge in [0.25, 0.3) is 5.92 Å². The second-order valence-corrected chi connectivity index (χ2v) is 14.1. The molecule has 10 nitrogen and oxygen atoms in total. The third-order valence-corrected chi connectivity index (χ3v) is 8.66. The van der Waals surface area contributed by atoms with Crippen LogP contribution in [0.1, 0.15) is 52.9 Å². The second kappa shape index (κ2) is 11.7. The van der Waals surface area contributed by atoms with Gasteiger partial charge in [-0.3, -0.25) is 19.2 Å². The lowest BCUT2D eigenvalue weighted by Crippen LogP contribution is -2.71. The maximum Gasteiger partial charge on any atom is 0.471 e. The molecule has 6 atom stereocenters. The average Bonchev–Trinajstić information content (AvgIpc) is 3.22. The molecular formula is C25H34F6N4O6S. The Hall–Kier alpha value is -2.85. The third kappa shape index (κ3) is 7.37. The zero-order valence-corrected chi connectivity index (χ0v) is 24.2. The molecule has 4 fully saturated rings. The molecule has 238 valence electrons. The number of carbonyl (C=O) groups is 4. The third-order valence-electron chi connectivity index (χ3n) is 7.82. The van der Waals surface area contributed by atoms with Crippen LogP contribution in [0.5, 0.6) is 0 Å². The summed E-state index contributed by atoms with van der Waals surface area (Å²) in [6, 6.07) is -6.56. The van der Waals surface area contributed by atoms with Gasteiger partial charge in [-0.15, -0.1) is 0 Å². The van der Waals surface area contributed by atoms with Gasteiger partial charge in [0.1, 0.15) is 12.1 Å². The van der Waals surface area contributed by atoms with Gasteiger partial charge in [-0.05, 0) is 37.2 Å². The highest BCUT2D eigenvalue weighted by Crippen LogP contribution is 2.49. The van der Waals surface area contributed by atoms with E-state index >= 15 is 8.78 Å². The molecule has 2 bridgehead atoms. The maximum absolute atomic E-state index is 15.1. The van der Waals surface area contributed by atoms with Crippen LogP contribution in [0.15, 0.2) is 11.2 Å². The Morgan fingerprint density at radius 2 is 1.74 bits per heavy atom. The van der Waals surface area contributed by atoms with Crippen LogP contribution < -0.4 is 16.0 Å². The summed E-state index contributed by atoms with van der Waals surface area (Å²) < 4.78 is 107. The zero-order chi connectivity index (χ0) is 32.0. The van der Waals surface area contributed by atoms with E-state index in [0.29, 0.717) is 12.3 Å². The van der Waals surface area contributed by atoms with Gasteiger partial charge in [0.15, 0.2) is 0 Å².